The molecular formula is C27H27FN4O5. The van der Waals surface area contributed by atoms with Crippen molar-refractivity contribution in [2.45, 2.75) is 32.1 Å². The number of methoxy groups -OCH3 is 1. The molecule has 0 saturated carbocycles. The molecule has 2 aliphatic rings. The highest BCUT2D eigenvalue weighted by molar-refractivity contribution is 6.06. The van der Waals surface area contributed by atoms with Gasteiger partial charge >= 0.3 is 11.7 Å². The van der Waals surface area contributed by atoms with Crippen LogP contribution >= 0.6 is 0 Å². The molecule has 0 aliphatic carbocycles. The lowest BCUT2D eigenvalue weighted by molar-refractivity contribution is -0.190. The molecule has 2 atom stereocenters. The van der Waals surface area contributed by atoms with E-state index in [4.69, 9.17) is 14.3 Å². The maximum absolute atomic E-state index is 13.7. The van der Waals surface area contributed by atoms with Gasteiger partial charge in [0, 0.05) is 23.8 Å². The summed E-state index contributed by atoms with van der Waals surface area (Å²) in [5, 5.41) is 15.1. The summed E-state index contributed by atoms with van der Waals surface area (Å²) in [5.74, 6) is -0.118. The molecule has 3 aromatic rings. The van der Waals surface area contributed by atoms with Crippen LogP contribution < -0.4 is 4.74 Å². The van der Waals surface area contributed by atoms with Crippen LogP contribution in [0.15, 0.2) is 65.7 Å². The Kier molecular flexibility index (Phi) is 6.43. The summed E-state index contributed by atoms with van der Waals surface area (Å²) in [5.41, 5.74) is 1.76. The number of benzene rings is 2. The Morgan fingerprint density at radius 2 is 2.08 bits per heavy atom. The molecule has 0 radical (unpaired) electrons. The maximum Gasteiger partial charge on any atom is 0.380 e. The molecule has 0 spiro atoms. The lowest BCUT2D eigenvalue weighted by atomic mass is 9.93. The van der Waals surface area contributed by atoms with Crippen molar-refractivity contribution < 1.29 is 28.6 Å². The SMILES string of the molecule is CCOC(=O)[C@]1(c2ccc(F)cc2)ON=C2/C(=C/c3ccc(-n4cnc(C)c4)c(OC)c3)C[C@@H](O)CN21. The van der Waals surface area contributed by atoms with Crippen molar-refractivity contribution in [2.24, 2.45) is 5.16 Å². The van der Waals surface area contributed by atoms with Crippen molar-refractivity contribution >= 4 is 17.9 Å². The quantitative estimate of drug-likeness (QED) is 0.511. The van der Waals surface area contributed by atoms with E-state index in [9.17, 15) is 14.3 Å². The third kappa shape index (κ3) is 4.33. The molecule has 1 aromatic heterocycles. The molecule has 3 heterocycles. The minimum absolute atomic E-state index is 0.0780. The zero-order valence-corrected chi connectivity index (χ0v) is 20.7. The summed E-state index contributed by atoms with van der Waals surface area (Å²) in [4.78, 5) is 24.9. The van der Waals surface area contributed by atoms with E-state index >= 15 is 0 Å². The third-order valence-electron chi connectivity index (χ3n) is 6.36. The Balaban J connectivity index is 1.54. The van der Waals surface area contributed by atoms with Crippen LogP contribution in [-0.2, 0) is 20.1 Å². The van der Waals surface area contributed by atoms with Crippen molar-refractivity contribution in [3.8, 4) is 11.4 Å². The van der Waals surface area contributed by atoms with E-state index in [0.717, 1.165) is 16.9 Å². The van der Waals surface area contributed by atoms with E-state index in [-0.39, 0.29) is 13.2 Å². The number of piperidine rings is 1. The average Bonchev–Trinajstić information content (AvgIpc) is 3.49. The number of imidazole rings is 1. The highest BCUT2D eigenvalue weighted by atomic mass is 19.1. The number of carbonyl (C=O) groups excluding carboxylic acids is 1. The summed E-state index contributed by atoms with van der Waals surface area (Å²) in [7, 11) is 1.59. The van der Waals surface area contributed by atoms with E-state index in [2.05, 4.69) is 10.1 Å². The number of hydrogen-bond acceptors (Lipinski definition) is 8. The highest BCUT2D eigenvalue weighted by Gasteiger charge is 2.58. The average molecular weight is 507 g/mol. The van der Waals surface area contributed by atoms with Crippen LogP contribution in [0.4, 0.5) is 4.39 Å². The summed E-state index contributed by atoms with van der Waals surface area (Å²) in [6, 6.07) is 11.1. The molecule has 0 amide bonds. The van der Waals surface area contributed by atoms with E-state index in [1.54, 1.807) is 25.3 Å². The van der Waals surface area contributed by atoms with Gasteiger partial charge in [-0.1, -0.05) is 11.2 Å². The zero-order chi connectivity index (χ0) is 26.2. The van der Waals surface area contributed by atoms with Gasteiger partial charge in [0.1, 0.15) is 11.6 Å². The molecule has 1 fully saturated rings. The zero-order valence-electron chi connectivity index (χ0n) is 20.7. The van der Waals surface area contributed by atoms with E-state index < -0.39 is 23.6 Å². The second-order valence-electron chi connectivity index (χ2n) is 8.87. The smallest absolute Gasteiger partial charge is 0.380 e. The predicted molar refractivity (Wildman–Crippen MR) is 133 cm³/mol. The number of aliphatic hydroxyl groups excluding tert-OH is 1. The number of aryl methyl sites for hydroxylation is 1. The van der Waals surface area contributed by atoms with Crippen molar-refractivity contribution in [1.82, 2.24) is 14.5 Å². The number of halogens is 1. The molecule has 5 rings (SSSR count). The van der Waals surface area contributed by atoms with Gasteiger partial charge in [0.25, 0.3) is 0 Å². The highest BCUT2D eigenvalue weighted by Crippen LogP contribution is 2.42. The Morgan fingerprint density at radius 1 is 1.30 bits per heavy atom. The number of fused-ring (bicyclic) bond motifs is 1. The van der Waals surface area contributed by atoms with Crippen molar-refractivity contribution in [3.05, 3.63) is 83.2 Å². The number of hydrogen-bond donors (Lipinski definition) is 1. The van der Waals surface area contributed by atoms with Gasteiger partial charge in [-0.25, -0.2) is 14.2 Å². The number of carbonyl (C=O) groups is 1. The molecule has 0 unspecified atom stereocenters. The number of nitrogens with zero attached hydrogens (tertiary/aromatic N) is 4. The molecule has 2 aliphatic heterocycles. The Labute approximate surface area is 213 Å². The maximum atomic E-state index is 13.7. The van der Waals surface area contributed by atoms with Crippen LogP contribution in [0, 0.1) is 12.7 Å². The van der Waals surface area contributed by atoms with Crippen molar-refractivity contribution in [3.63, 3.8) is 0 Å². The number of amidine groups is 1. The predicted octanol–water partition coefficient (Wildman–Crippen LogP) is 3.54. The molecule has 1 saturated heterocycles. The Bertz CT molecular complexity index is 1380. The van der Waals surface area contributed by atoms with E-state index in [1.165, 1.54) is 24.3 Å². The normalized spacial score (nSPS) is 21.9. The lowest BCUT2D eigenvalue weighted by Crippen LogP contribution is -2.57. The number of aliphatic hydroxyl groups is 1. The first kappa shape index (κ1) is 24.5. The first-order valence-corrected chi connectivity index (χ1v) is 11.9. The van der Waals surface area contributed by atoms with Crippen LogP contribution in [0.3, 0.4) is 0 Å². The number of esters is 1. The van der Waals surface area contributed by atoms with Crippen LogP contribution in [0.5, 0.6) is 5.75 Å². The Morgan fingerprint density at radius 3 is 2.76 bits per heavy atom. The summed E-state index contributed by atoms with van der Waals surface area (Å²) >= 11 is 0. The van der Waals surface area contributed by atoms with Crippen molar-refractivity contribution in [2.75, 3.05) is 20.3 Å². The summed E-state index contributed by atoms with van der Waals surface area (Å²) < 4.78 is 26.5. The van der Waals surface area contributed by atoms with Crippen LogP contribution in [0.2, 0.25) is 0 Å². The first-order chi connectivity index (χ1) is 17.8. The van der Waals surface area contributed by atoms with Gasteiger partial charge in [-0.2, -0.15) is 0 Å². The molecule has 9 nitrogen and oxygen atoms in total. The molecule has 1 N–H and O–H groups in total. The molecular weight excluding hydrogens is 479 g/mol. The minimum Gasteiger partial charge on any atom is -0.495 e. The van der Waals surface area contributed by atoms with Crippen LogP contribution in [0.25, 0.3) is 11.8 Å². The number of rotatable bonds is 6. The van der Waals surface area contributed by atoms with Gasteiger partial charge in [0.05, 0.1) is 44.1 Å². The molecule has 2 aromatic carbocycles. The van der Waals surface area contributed by atoms with Gasteiger partial charge < -0.3 is 24.0 Å². The second kappa shape index (κ2) is 9.70. The fraction of sp³-hybridized carbons (Fsp3) is 0.296. The van der Waals surface area contributed by atoms with Gasteiger partial charge in [0.2, 0.25) is 0 Å². The molecule has 192 valence electrons. The van der Waals surface area contributed by atoms with E-state index in [0.29, 0.717) is 29.1 Å². The summed E-state index contributed by atoms with van der Waals surface area (Å²) in [6.45, 7) is 3.79. The van der Waals surface area contributed by atoms with Crippen LogP contribution in [-0.4, -0.2) is 57.7 Å². The van der Waals surface area contributed by atoms with Crippen LogP contribution in [0.1, 0.15) is 30.2 Å². The van der Waals surface area contributed by atoms with Gasteiger partial charge in [-0.15, -0.1) is 0 Å². The summed E-state index contributed by atoms with van der Waals surface area (Å²) in [6.07, 6.45) is 4.98. The number of ether oxygens (including phenoxy) is 2. The second-order valence-corrected chi connectivity index (χ2v) is 8.87. The largest absolute Gasteiger partial charge is 0.495 e. The van der Waals surface area contributed by atoms with Crippen molar-refractivity contribution in [1.29, 1.82) is 0 Å². The minimum atomic E-state index is -1.78. The van der Waals surface area contributed by atoms with Gasteiger partial charge in [0.15, 0.2) is 5.84 Å². The van der Waals surface area contributed by atoms with Gasteiger partial charge in [-0.05, 0) is 61.9 Å². The molecule has 0 bridgehead atoms. The van der Waals surface area contributed by atoms with Gasteiger partial charge in [-0.3, -0.25) is 4.90 Å². The topological polar surface area (TPSA) is 98.4 Å². The molecule has 10 heteroatoms. The first-order valence-electron chi connectivity index (χ1n) is 11.9. The number of oxime groups is 1. The fourth-order valence-electron chi connectivity index (χ4n) is 4.68. The fourth-order valence-corrected chi connectivity index (χ4v) is 4.68. The third-order valence-corrected chi connectivity index (χ3v) is 6.36. The molecule has 37 heavy (non-hydrogen) atoms. The number of aromatic nitrogens is 2. The standard InChI is InChI=1S/C27H27FN4O5/c1-4-36-26(34)27(20-6-8-21(28)9-7-20)32-15-22(33)13-19(25(32)30-37-27)11-18-5-10-23(24(12-18)35-3)31-14-17(2)29-16-31/h5-12,14,16,22,33H,4,13,15H2,1-3H3/b19-11+/t22-,27+/m1/s1. The lowest BCUT2D eigenvalue weighted by Gasteiger charge is -2.39. The van der Waals surface area contributed by atoms with E-state index in [1.807, 2.05) is 42.0 Å². The Hall–Kier alpha value is -4.18. The monoisotopic (exact) mass is 506 g/mol.